The third-order valence-corrected chi connectivity index (χ3v) is 3.67. The fourth-order valence-electron chi connectivity index (χ4n) is 2.44. The molecular formula is C16H19N3O2. The van der Waals surface area contributed by atoms with Crippen molar-refractivity contribution in [2.45, 2.75) is 26.2 Å². The summed E-state index contributed by atoms with van der Waals surface area (Å²) in [4.78, 5) is 25.9. The van der Waals surface area contributed by atoms with Crippen molar-refractivity contribution in [3.05, 3.63) is 29.8 Å². The molecule has 0 unspecified atom stereocenters. The number of nitrogens with one attached hydrogen (secondary N) is 1. The summed E-state index contributed by atoms with van der Waals surface area (Å²) < 4.78 is 0. The summed E-state index contributed by atoms with van der Waals surface area (Å²) in [6.45, 7) is 3.26. The van der Waals surface area contributed by atoms with E-state index in [2.05, 4.69) is 12.2 Å². The third kappa shape index (κ3) is 3.60. The molecule has 2 rings (SSSR count). The van der Waals surface area contributed by atoms with Gasteiger partial charge in [-0.2, -0.15) is 5.26 Å². The molecule has 2 amide bonds. The Labute approximate surface area is 124 Å². The lowest BCUT2D eigenvalue weighted by atomic mass is 10.1. The van der Waals surface area contributed by atoms with Crippen LogP contribution in [0, 0.1) is 17.2 Å². The second-order valence-electron chi connectivity index (χ2n) is 5.24. The van der Waals surface area contributed by atoms with Crippen LogP contribution in [0.2, 0.25) is 0 Å². The minimum atomic E-state index is -0.332. The van der Waals surface area contributed by atoms with Crippen LogP contribution in [0.5, 0.6) is 0 Å². The number of unbranched alkanes of at least 4 members (excludes halogenated alkanes) is 1. The lowest BCUT2D eigenvalue weighted by Gasteiger charge is -2.16. The number of nitrogens with zero attached hydrogens (tertiary/aromatic N) is 2. The van der Waals surface area contributed by atoms with Gasteiger partial charge in [0.15, 0.2) is 0 Å². The normalized spacial score (nSPS) is 17.6. The van der Waals surface area contributed by atoms with Crippen LogP contribution in [0.25, 0.3) is 0 Å². The van der Waals surface area contributed by atoms with Crippen molar-refractivity contribution in [2.75, 3.05) is 18.4 Å². The summed E-state index contributed by atoms with van der Waals surface area (Å²) in [5, 5.41) is 11.8. The number of carbonyl (C=O) groups is 2. The maximum atomic E-state index is 12.2. The lowest BCUT2D eigenvalue weighted by Crippen LogP contribution is -2.29. The van der Waals surface area contributed by atoms with Crippen molar-refractivity contribution >= 4 is 17.5 Å². The van der Waals surface area contributed by atoms with Gasteiger partial charge < -0.3 is 10.2 Å². The smallest absolute Gasteiger partial charge is 0.229 e. The zero-order valence-corrected chi connectivity index (χ0v) is 12.1. The van der Waals surface area contributed by atoms with E-state index in [4.69, 9.17) is 5.26 Å². The Morgan fingerprint density at radius 1 is 1.48 bits per heavy atom. The minimum Gasteiger partial charge on any atom is -0.342 e. The SMILES string of the molecule is CCCCN1C[C@@H](C(=O)Nc2ccccc2C#N)CC1=O. The molecule has 1 saturated heterocycles. The Kier molecular flexibility index (Phi) is 4.94. The fraction of sp³-hybridized carbons (Fsp3) is 0.438. The predicted molar refractivity (Wildman–Crippen MR) is 79.4 cm³/mol. The van der Waals surface area contributed by atoms with E-state index in [0.29, 0.717) is 24.3 Å². The summed E-state index contributed by atoms with van der Waals surface area (Å²) in [7, 11) is 0. The van der Waals surface area contributed by atoms with Crippen LogP contribution in [0.1, 0.15) is 31.7 Å². The zero-order chi connectivity index (χ0) is 15.2. The van der Waals surface area contributed by atoms with Crippen LogP contribution in [0.3, 0.4) is 0 Å². The van der Waals surface area contributed by atoms with Crippen molar-refractivity contribution in [1.82, 2.24) is 4.90 Å². The van der Waals surface area contributed by atoms with E-state index in [1.807, 2.05) is 6.07 Å². The van der Waals surface area contributed by atoms with Crippen LogP contribution < -0.4 is 5.32 Å². The topological polar surface area (TPSA) is 73.2 Å². The monoisotopic (exact) mass is 285 g/mol. The molecule has 1 aromatic rings. The molecule has 1 N–H and O–H groups in total. The number of amides is 2. The second kappa shape index (κ2) is 6.89. The number of anilines is 1. The van der Waals surface area contributed by atoms with Crippen molar-refractivity contribution in [2.24, 2.45) is 5.92 Å². The van der Waals surface area contributed by atoms with Crippen molar-refractivity contribution < 1.29 is 9.59 Å². The van der Waals surface area contributed by atoms with Crippen molar-refractivity contribution in [1.29, 1.82) is 5.26 Å². The van der Waals surface area contributed by atoms with E-state index in [9.17, 15) is 9.59 Å². The average Bonchev–Trinajstić information content (AvgIpc) is 2.87. The first-order chi connectivity index (χ1) is 10.2. The molecule has 0 spiro atoms. The zero-order valence-electron chi connectivity index (χ0n) is 12.1. The largest absolute Gasteiger partial charge is 0.342 e. The molecule has 0 aromatic heterocycles. The van der Waals surface area contributed by atoms with Crippen LogP contribution in [0.15, 0.2) is 24.3 Å². The molecule has 0 radical (unpaired) electrons. The summed E-state index contributed by atoms with van der Waals surface area (Å²) in [5.41, 5.74) is 0.933. The Morgan fingerprint density at radius 3 is 2.95 bits per heavy atom. The standard InChI is InChI=1S/C16H19N3O2/c1-2-3-8-19-11-13(9-15(19)20)16(21)18-14-7-5-4-6-12(14)10-17/h4-7,13H,2-3,8-9,11H2,1H3,(H,18,21)/t13-/m0/s1. The second-order valence-corrected chi connectivity index (χ2v) is 5.24. The van der Waals surface area contributed by atoms with Gasteiger partial charge in [0.2, 0.25) is 11.8 Å². The molecule has 5 nitrogen and oxygen atoms in total. The van der Waals surface area contributed by atoms with Gasteiger partial charge in [-0.15, -0.1) is 0 Å². The Balaban J connectivity index is 1.99. The van der Waals surface area contributed by atoms with E-state index < -0.39 is 0 Å². The first-order valence-corrected chi connectivity index (χ1v) is 7.23. The highest BCUT2D eigenvalue weighted by Crippen LogP contribution is 2.21. The molecule has 1 heterocycles. The van der Waals surface area contributed by atoms with Gasteiger partial charge in [-0.25, -0.2) is 0 Å². The molecule has 1 aliphatic rings. The molecule has 0 aliphatic carbocycles. The predicted octanol–water partition coefficient (Wildman–Crippen LogP) is 2.15. The quantitative estimate of drug-likeness (QED) is 0.900. The number of para-hydroxylation sites is 1. The highest BCUT2D eigenvalue weighted by Gasteiger charge is 2.33. The van der Waals surface area contributed by atoms with Gasteiger partial charge in [0.1, 0.15) is 6.07 Å². The number of carbonyl (C=O) groups excluding carboxylic acids is 2. The van der Waals surface area contributed by atoms with E-state index in [1.165, 1.54) is 0 Å². The molecule has 1 atom stereocenters. The van der Waals surface area contributed by atoms with Crippen molar-refractivity contribution in [3.63, 3.8) is 0 Å². The van der Waals surface area contributed by atoms with Crippen LogP contribution in [-0.2, 0) is 9.59 Å². The maximum Gasteiger partial charge on any atom is 0.229 e. The average molecular weight is 285 g/mol. The summed E-state index contributed by atoms with van der Waals surface area (Å²) in [5.74, 6) is -0.483. The summed E-state index contributed by atoms with van der Waals surface area (Å²) >= 11 is 0. The highest BCUT2D eigenvalue weighted by molar-refractivity contribution is 5.98. The van der Waals surface area contributed by atoms with Crippen LogP contribution >= 0.6 is 0 Å². The Hall–Kier alpha value is -2.35. The fourth-order valence-corrected chi connectivity index (χ4v) is 2.44. The van der Waals surface area contributed by atoms with E-state index in [-0.39, 0.29) is 24.2 Å². The number of rotatable bonds is 5. The first-order valence-electron chi connectivity index (χ1n) is 7.23. The molecule has 1 fully saturated rings. The third-order valence-electron chi connectivity index (χ3n) is 3.67. The van der Waals surface area contributed by atoms with E-state index >= 15 is 0 Å². The van der Waals surface area contributed by atoms with E-state index in [0.717, 1.165) is 12.8 Å². The van der Waals surface area contributed by atoms with Crippen LogP contribution in [-0.4, -0.2) is 29.8 Å². The summed E-state index contributed by atoms with van der Waals surface area (Å²) in [6.07, 6.45) is 2.23. The molecule has 21 heavy (non-hydrogen) atoms. The maximum absolute atomic E-state index is 12.2. The molecule has 1 aliphatic heterocycles. The van der Waals surface area contributed by atoms with Gasteiger partial charge in [-0.05, 0) is 18.6 Å². The van der Waals surface area contributed by atoms with Gasteiger partial charge in [0.25, 0.3) is 0 Å². The molecule has 0 saturated carbocycles. The van der Waals surface area contributed by atoms with Crippen LogP contribution in [0.4, 0.5) is 5.69 Å². The van der Waals surface area contributed by atoms with Gasteiger partial charge in [0.05, 0.1) is 17.2 Å². The van der Waals surface area contributed by atoms with Gasteiger partial charge in [0, 0.05) is 19.5 Å². The lowest BCUT2D eigenvalue weighted by molar-refractivity contribution is -0.128. The van der Waals surface area contributed by atoms with Crippen molar-refractivity contribution in [3.8, 4) is 6.07 Å². The van der Waals surface area contributed by atoms with Gasteiger partial charge in [-0.3, -0.25) is 9.59 Å². The first kappa shape index (κ1) is 15.0. The Morgan fingerprint density at radius 2 is 2.24 bits per heavy atom. The number of nitriles is 1. The van der Waals surface area contributed by atoms with E-state index in [1.54, 1.807) is 29.2 Å². The summed E-state index contributed by atoms with van der Waals surface area (Å²) in [6, 6.07) is 8.91. The molecule has 1 aromatic carbocycles. The highest BCUT2D eigenvalue weighted by atomic mass is 16.2. The number of hydrogen-bond acceptors (Lipinski definition) is 3. The number of benzene rings is 1. The molecule has 110 valence electrons. The van der Waals surface area contributed by atoms with Gasteiger partial charge in [-0.1, -0.05) is 25.5 Å². The number of likely N-dealkylation sites (tertiary alicyclic amines) is 1. The number of hydrogen-bond donors (Lipinski definition) is 1. The minimum absolute atomic E-state index is 0.0390. The molecular weight excluding hydrogens is 266 g/mol. The Bertz CT molecular complexity index is 577. The van der Waals surface area contributed by atoms with Gasteiger partial charge >= 0.3 is 0 Å². The molecule has 5 heteroatoms. The molecule has 0 bridgehead atoms.